The van der Waals surface area contributed by atoms with Crippen molar-refractivity contribution in [1.82, 2.24) is 0 Å². The van der Waals surface area contributed by atoms with Gasteiger partial charge in [0.2, 0.25) is 0 Å². The Kier molecular flexibility index (Phi) is 32.2. The van der Waals surface area contributed by atoms with Crippen LogP contribution in [0.1, 0.15) is 34.1 Å². The zero-order valence-electron chi connectivity index (χ0n) is 8.24. The number of rotatable bonds is 2. The summed E-state index contributed by atoms with van der Waals surface area (Å²) in [6.45, 7) is 6.97. The van der Waals surface area contributed by atoms with E-state index in [-0.39, 0.29) is 5.92 Å². The largest absolute Gasteiger partial charge is 0.304 e. The summed E-state index contributed by atoms with van der Waals surface area (Å²) in [5, 5.41) is 0. The fourth-order valence-electron chi connectivity index (χ4n) is 0. The van der Waals surface area contributed by atoms with Crippen LogP contribution in [0.5, 0.6) is 0 Å². The zero-order chi connectivity index (χ0) is 10.4. The lowest BCUT2D eigenvalue weighted by Crippen LogP contribution is -1.82. The van der Waals surface area contributed by atoms with Gasteiger partial charge < -0.3 is 14.4 Å². The maximum atomic E-state index is 9.50. The van der Waals surface area contributed by atoms with E-state index in [1.807, 2.05) is 20.8 Å². The number of aldehydes is 3. The van der Waals surface area contributed by atoms with E-state index >= 15 is 0 Å². The molecule has 0 aromatic carbocycles. The van der Waals surface area contributed by atoms with Crippen molar-refractivity contribution in [3.8, 4) is 0 Å². The van der Waals surface area contributed by atoms with Crippen LogP contribution in [-0.4, -0.2) is 18.9 Å². The van der Waals surface area contributed by atoms with Crippen LogP contribution in [0.25, 0.3) is 0 Å². The second-order valence-corrected chi connectivity index (χ2v) is 2.19. The first-order chi connectivity index (χ1) is 5.60. The van der Waals surface area contributed by atoms with E-state index in [9.17, 15) is 9.59 Å². The lowest BCUT2D eigenvalue weighted by atomic mass is 10.3. The summed E-state index contributed by atoms with van der Waals surface area (Å²) in [4.78, 5) is 27.5. The highest BCUT2D eigenvalue weighted by molar-refractivity contribution is 5.51. The SMILES string of the molecule is CC(C)C=O.CC=O.CCC=O. The van der Waals surface area contributed by atoms with Gasteiger partial charge in [-0.05, 0) is 6.92 Å². The third-order valence-corrected chi connectivity index (χ3v) is 0.439. The Hall–Kier alpha value is -0.990. The molecule has 0 aliphatic rings. The first-order valence-corrected chi connectivity index (χ1v) is 3.89. The molecule has 0 heterocycles. The number of carbonyl (C=O) groups is 3. The summed E-state index contributed by atoms with van der Waals surface area (Å²) in [5.41, 5.74) is 0. The van der Waals surface area contributed by atoms with Gasteiger partial charge in [-0.1, -0.05) is 20.8 Å². The molecule has 0 radical (unpaired) electrons. The molecule has 3 heteroatoms. The predicted molar refractivity (Wildman–Crippen MR) is 49.0 cm³/mol. The van der Waals surface area contributed by atoms with E-state index in [1.54, 1.807) is 0 Å². The lowest BCUT2D eigenvalue weighted by Gasteiger charge is -1.78. The van der Waals surface area contributed by atoms with Gasteiger partial charge in [-0.25, -0.2) is 0 Å². The summed E-state index contributed by atoms with van der Waals surface area (Å²) < 4.78 is 0. The zero-order valence-corrected chi connectivity index (χ0v) is 8.24. The average Bonchev–Trinajstić information content (AvgIpc) is 2.06. The Bertz CT molecular complexity index is 97.9. The molecule has 0 aliphatic heterocycles. The summed E-state index contributed by atoms with van der Waals surface area (Å²) in [6.07, 6.45) is 3.18. The van der Waals surface area contributed by atoms with Crippen LogP contribution < -0.4 is 0 Å². The lowest BCUT2D eigenvalue weighted by molar-refractivity contribution is -0.110. The fraction of sp³-hybridized carbons (Fsp3) is 0.667. The van der Waals surface area contributed by atoms with Crippen molar-refractivity contribution >= 4 is 18.9 Å². The van der Waals surface area contributed by atoms with Crippen molar-refractivity contribution in [3.05, 3.63) is 0 Å². The molecule has 72 valence electrons. The second kappa shape index (κ2) is 22.5. The molecule has 0 aromatic heterocycles. The molecule has 0 spiro atoms. The first kappa shape index (κ1) is 17.2. The maximum Gasteiger partial charge on any atom is 0.122 e. The smallest absolute Gasteiger partial charge is 0.122 e. The van der Waals surface area contributed by atoms with Crippen molar-refractivity contribution < 1.29 is 14.4 Å². The topological polar surface area (TPSA) is 51.2 Å². The van der Waals surface area contributed by atoms with Crippen LogP contribution in [0, 0.1) is 5.92 Å². The Balaban J connectivity index is -0.000000105. The molecular formula is C9H18O3. The van der Waals surface area contributed by atoms with E-state index in [1.165, 1.54) is 6.92 Å². The van der Waals surface area contributed by atoms with Gasteiger partial charge in [-0.15, -0.1) is 0 Å². The molecule has 0 saturated heterocycles. The van der Waals surface area contributed by atoms with Gasteiger partial charge >= 0.3 is 0 Å². The van der Waals surface area contributed by atoms with Crippen LogP contribution in [0.4, 0.5) is 0 Å². The molecule has 0 rings (SSSR count). The van der Waals surface area contributed by atoms with Gasteiger partial charge in [0.1, 0.15) is 18.9 Å². The van der Waals surface area contributed by atoms with E-state index in [4.69, 9.17) is 4.79 Å². The molecule has 12 heavy (non-hydrogen) atoms. The Morgan fingerprint density at radius 2 is 1.33 bits per heavy atom. The minimum atomic E-state index is 0.204. The third-order valence-electron chi connectivity index (χ3n) is 0.439. The molecule has 0 amide bonds. The number of carbonyl (C=O) groups excluding carboxylic acids is 3. The summed E-state index contributed by atoms with van der Waals surface area (Å²) in [5.74, 6) is 0.204. The van der Waals surface area contributed by atoms with Crippen molar-refractivity contribution in [1.29, 1.82) is 0 Å². The van der Waals surface area contributed by atoms with Crippen molar-refractivity contribution in [2.75, 3.05) is 0 Å². The summed E-state index contributed by atoms with van der Waals surface area (Å²) >= 11 is 0. The highest BCUT2D eigenvalue weighted by atomic mass is 16.1. The Morgan fingerprint density at radius 3 is 1.33 bits per heavy atom. The molecule has 0 saturated carbocycles. The number of hydrogen-bond acceptors (Lipinski definition) is 3. The van der Waals surface area contributed by atoms with Crippen molar-refractivity contribution in [2.45, 2.75) is 34.1 Å². The van der Waals surface area contributed by atoms with Gasteiger partial charge in [0, 0.05) is 12.3 Å². The summed E-state index contributed by atoms with van der Waals surface area (Å²) in [7, 11) is 0. The van der Waals surface area contributed by atoms with E-state index in [2.05, 4.69) is 0 Å². The standard InChI is InChI=1S/C4H8O.C3H6O.C2H4O/c1-4(2)3-5;1-2-3-4;1-2-3/h3-4H,1-2H3;3H,2H2,1H3;2H,1H3. The Morgan fingerprint density at radius 1 is 1.17 bits per heavy atom. The minimum Gasteiger partial charge on any atom is -0.304 e. The Labute approximate surface area is 74.2 Å². The normalized spacial score (nSPS) is 6.75. The first-order valence-electron chi connectivity index (χ1n) is 3.89. The molecule has 0 aromatic rings. The molecule has 0 fully saturated rings. The minimum absolute atomic E-state index is 0.204. The molecule has 3 nitrogen and oxygen atoms in total. The number of hydrogen-bond donors (Lipinski definition) is 0. The second-order valence-electron chi connectivity index (χ2n) is 2.19. The monoisotopic (exact) mass is 174 g/mol. The van der Waals surface area contributed by atoms with Crippen LogP contribution in [0.2, 0.25) is 0 Å². The van der Waals surface area contributed by atoms with Crippen LogP contribution in [-0.2, 0) is 14.4 Å². The molecule has 0 N–H and O–H groups in total. The van der Waals surface area contributed by atoms with E-state index in [0.29, 0.717) is 6.42 Å². The summed E-state index contributed by atoms with van der Waals surface area (Å²) in [6, 6.07) is 0. The van der Waals surface area contributed by atoms with Gasteiger partial charge in [-0.3, -0.25) is 0 Å². The maximum absolute atomic E-state index is 9.50. The molecule has 0 aliphatic carbocycles. The quantitative estimate of drug-likeness (QED) is 0.598. The van der Waals surface area contributed by atoms with Crippen molar-refractivity contribution in [3.63, 3.8) is 0 Å². The van der Waals surface area contributed by atoms with Crippen LogP contribution in [0.15, 0.2) is 0 Å². The average molecular weight is 174 g/mol. The van der Waals surface area contributed by atoms with E-state index in [0.717, 1.165) is 18.9 Å². The fourth-order valence-corrected chi connectivity index (χ4v) is 0. The van der Waals surface area contributed by atoms with Crippen molar-refractivity contribution in [2.24, 2.45) is 5.92 Å². The molecule has 0 unspecified atom stereocenters. The van der Waals surface area contributed by atoms with E-state index < -0.39 is 0 Å². The highest BCUT2D eigenvalue weighted by Crippen LogP contribution is 1.78. The highest BCUT2D eigenvalue weighted by Gasteiger charge is 1.79. The third kappa shape index (κ3) is 143. The van der Waals surface area contributed by atoms with Gasteiger partial charge in [-0.2, -0.15) is 0 Å². The van der Waals surface area contributed by atoms with Gasteiger partial charge in [0.15, 0.2) is 0 Å². The van der Waals surface area contributed by atoms with Crippen LogP contribution >= 0.6 is 0 Å². The molecule has 0 bridgehead atoms. The van der Waals surface area contributed by atoms with Gasteiger partial charge in [0.05, 0.1) is 0 Å². The predicted octanol–water partition coefficient (Wildman–Crippen LogP) is 1.64. The van der Waals surface area contributed by atoms with Crippen LogP contribution in [0.3, 0.4) is 0 Å². The van der Waals surface area contributed by atoms with Gasteiger partial charge in [0.25, 0.3) is 0 Å². The molecule has 0 atom stereocenters. The molecular weight excluding hydrogens is 156 g/mol.